The Balaban J connectivity index is 2.53. The van der Waals surface area contributed by atoms with Gasteiger partial charge in [0, 0.05) is 29.4 Å². The van der Waals surface area contributed by atoms with Crippen LogP contribution in [-0.2, 0) is 23.9 Å². The van der Waals surface area contributed by atoms with Crippen LogP contribution in [-0.4, -0.2) is 50.1 Å². The van der Waals surface area contributed by atoms with Crippen molar-refractivity contribution in [2.75, 3.05) is 31.8 Å². The molecule has 0 fully saturated rings. The minimum Gasteiger partial charge on any atom is -0.466 e. The Morgan fingerprint density at radius 1 is 1.23 bits per heavy atom. The molecule has 1 aliphatic heterocycles. The van der Waals surface area contributed by atoms with E-state index in [9.17, 15) is 18.8 Å². The molecule has 1 unspecified atom stereocenters. The summed E-state index contributed by atoms with van der Waals surface area (Å²) in [5.74, 6) is -1.27. The fourth-order valence-electron chi connectivity index (χ4n) is 3.19. The summed E-state index contributed by atoms with van der Waals surface area (Å²) in [6.45, 7) is 4.07. The summed E-state index contributed by atoms with van der Waals surface area (Å²) in [5, 5.41) is 5.73. The van der Waals surface area contributed by atoms with Gasteiger partial charge in [0.1, 0.15) is 5.82 Å². The Bertz CT molecular complexity index is 851. The van der Waals surface area contributed by atoms with E-state index in [1.165, 1.54) is 31.0 Å². The highest BCUT2D eigenvalue weighted by atomic mass is 32.2. The third-order valence-electron chi connectivity index (χ3n) is 4.47. The Labute approximate surface area is 179 Å². The number of ether oxygens (including phenoxy) is 2. The van der Waals surface area contributed by atoms with Crippen molar-refractivity contribution < 1.29 is 28.2 Å². The van der Waals surface area contributed by atoms with E-state index in [1.807, 2.05) is 0 Å². The lowest BCUT2D eigenvalue weighted by atomic mass is 9.80. The van der Waals surface area contributed by atoms with Crippen LogP contribution in [0.15, 0.2) is 46.8 Å². The molecule has 1 aromatic rings. The van der Waals surface area contributed by atoms with Gasteiger partial charge in [0.05, 0.1) is 30.8 Å². The molecule has 1 aliphatic rings. The number of dihydropyridines is 1. The average Bonchev–Trinajstić information content (AvgIpc) is 2.73. The zero-order valence-electron chi connectivity index (χ0n) is 17.1. The van der Waals surface area contributed by atoms with Crippen LogP contribution in [0.25, 0.3) is 0 Å². The van der Waals surface area contributed by atoms with Crippen LogP contribution in [0.5, 0.6) is 0 Å². The van der Waals surface area contributed by atoms with Gasteiger partial charge in [-0.2, -0.15) is 11.8 Å². The summed E-state index contributed by atoms with van der Waals surface area (Å²) in [6.07, 6.45) is 0.628. The fourth-order valence-corrected chi connectivity index (χ4v) is 4.03. The Morgan fingerprint density at radius 2 is 1.93 bits per heavy atom. The average molecular weight is 437 g/mol. The largest absolute Gasteiger partial charge is 0.466 e. The lowest BCUT2D eigenvalue weighted by molar-refractivity contribution is -0.139. The van der Waals surface area contributed by atoms with Gasteiger partial charge < -0.3 is 20.1 Å². The number of hydrogen-bond donors (Lipinski definition) is 2. The smallest absolute Gasteiger partial charge is 0.336 e. The molecule has 2 rings (SSSR count). The summed E-state index contributed by atoms with van der Waals surface area (Å²) in [5.41, 5.74) is 2.27. The van der Waals surface area contributed by atoms with Gasteiger partial charge in [-0.25, -0.2) is 14.0 Å². The maximum atomic E-state index is 13.5. The SMILES string of the molecule is CCOC(=O)C1=C(CSCCNC=O)NC(C)=C(C(=O)OC)C1c1ccc(F)cc1. The number of halogens is 1. The van der Waals surface area contributed by atoms with E-state index in [2.05, 4.69) is 10.6 Å². The molecule has 0 bridgehead atoms. The van der Waals surface area contributed by atoms with Crippen LogP contribution in [0.4, 0.5) is 4.39 Å². The van der Waals surface area contributed by atoms with Crippen LogP contribution >= 0.6 is 11.8 Å². The van der Waals surface area contributed by atoms with Crippen molar-refractivity contribution in [3.63, 3.8) is 0 Å². The van der Waals surface area contributed by atoms with Gasteiger partial charge in [-0.3, -0.25) is 4.79 Å². The van der Waals surface area contributed by atoms with Gasteiger partial charge in [-0.1, -0.05) is 12.1 Å². The van der Waals surface area contributed by atoms with E-state index in [0.717, 1.165) is 0 Å². The summed E-state index contributed by atoms with van der Waals surface area (Å²) in [7, 11) is 1.27. The van der Waals surface area contributed by atoms with Crippen molar-refractivity contribution in [3.05, 3.63) is 58.2 Å². The number of hydrogen-bond acceptors (Lipinski definition) is 7. The first-order valence-electron chi connectivity index (χ1n) is 9.41. The normalized spacial score (nSPS) is 16.1. The number of methoxy groups -OCH3 is 1. The molecule has 2 N–H and O–H groups in total. The van der Waals surface area contributed by atoms with Crippen LogP contribution < -0.4 is 10.6 Å². The molecular weight excluding hydrogens is 411 g/mol. The summed E-state index contributed by atoms with van der Waals surface area (Å²) in [4.78, 5) is 35.9. The molecule has 7 nitrogen and oxygen atoms in total. The number of rotatable bonds is 10. The third kappa shape index (κ3) is 5.63. The lowest BCUT2D eigenvalue weighted by Gasteiger charge is -2.31. The highest BCUT2D eigenvalue weighted by molar-refractivity contribution is 7.99. The summed E-state index contributed by atoms with van der Waals surface area (Å²) >= 11 is 1.51. The van der Waals surface area contributed by atoms with Crippen molar-refractivity contribution >= 4 is 30.1 Å². The molecule has 162 valence electrons. The van der Waals surface area contributed by atoms with Crippen LogP contribution in [0.2, 0.25) is 0 Å². The van der Waals surface area contributed by atoms with Crippen molar-refractivity contribution in [2.45, 2.75) is 19.8 Å². The number of carbonyl (C=O) groups is 3. The van der Waals surface area contributed by atoms with Gasteiger partial charge in [0.25, 0.3) is 0 Å². The monoisotopic (exact) mass is 436 g/mol. The van der Waals surface area contributed by atoms with Crippen LogP contribution in [0.3, 0.4) is 0 Å². The molecule has 0 radical (unpaired) electrons. The summed E-state index contributed by atoms with van der Waals surface area (Å²) in [6, 6.07) is 5.65. The van der Waals surface area contributed by atoms with Crippen molar-refractivity contribution in [1.29, 1.82) is 0 Å². The Hall–Kier alpha value is -2.81. The predicted molar refractivity (Wildman–Crippen MR) is 112 cm³/mol. The number of benzene rings is 1. The van der Waals surface area contributed by atoms with Gasteiger partial charge in [-0.15, -0.1) is 0 Å². The maximum absolute atomic E-state index is 13.5. The molecule has 1 heterocycles. The topological polar surface area (TPSA) is 93.7 Å². The number of allylic oxidation sites excluding steroid dienone is 1. The molecule has 0 aliphatic carbocycles. The predicted octanol–water partition coefficient (Wildman–Crippen LogP) is 2.26. The molecule has 0 saturated carbocycles. The molecule has 30 heavy (non-hydrogen) atoms. The van der Waals surface area contributed by atoms with Gasteiger partial charge >= 0.3 is 11.9 Å². The fraction of sp³-hybridized carbons (Fsp3) is 0.381. The minimum absolute atomic E-state index is 0.165. The molecule has 9 heteroatoms. The number of nitrogens with one attached hydrogen (secondary N) is 2. The lowest BCUT2D eigenvalue weighted by Crippen LogP contribution is -2.34. The molecule has 0 saturated heterocycles. The molecule has 0 aromatic heterocycles. The zero-order valence-corrected chi connectivity index (χ0v) is 17.9. The second-order valence-corrected chi connectivity index (χ2v) is 7.48. The Morgan fingerprint density at radius 3 is 2.53 bits per heavy atom. The maximum Gasteiger partial charge on any atom is 0.336 e. The van der Waals surface area contributed by atoms with E-state index >= 15 is 0 Å². The Kier molecular flexibility index (Phi) is 8.91. The molecule has 1 amide bonds. The van der Waals surface area contributed by atoms with Gasteiger partial charge in [-0.05, 0) is 31.5 Å². The first-order chi connectivity index (χ1) is 14.4. The van der Waals surface area contributed by atoms with E-state index in [4.69, 9.17) is 9.47 Å². The first-order valence-corrected chi connectivity index (χ1v) is 10.6. The number of amides is 1. The second-order valence-electron chi connectivity index (χ2n) is 6.38. The first kappa shape index (κ1) is 23.5. The van der Waals surface area contributed by atoms with Gasteiger partial charge in [0.2, 0.25) is 6.41 Å². The molecule has 1 atom stereocenters. The van der Waals surface area contributed by atoms with Crippen LogP contribution in [0, 0.1) is 5.82 Å². The number of esters is 2. The highest BCUT2D eigenvalue weighted by Crippen LogP contribution is 2.40. The zero-order chi connectivity index (χ0) is 22.1. The minimum atomic E-state index is -0.762. The quantitative estimate of drug-likeness (QED) is 0.330. The number of thioether (sulfide) groups is 1. The van der Waals surface area contributed by atoms with E-state index in [1.54, 1.807) is 26.0 Å². The molecule has 0 spiro atoms. The van der Waals surface area contributed by atoms with Gasteiger partial charge in [0.15, 0.2) is 0 Å². The highest BCUT2D eigenvalue weighted by Gasteiger charge is 2.38. The summed E-state index contributed by atoms with van der Waals surface area (Å²) < 4.78 is 23.7. The van der Waals surface area contributed by atoms with Crippen molar-refractivity contribution in [2.24, 2.45) is 0 Å². The van der Waals surface area contributed by atoms with E-state index < -0.39 is 23.7 Å². The van der Waals surface area contributed by atoms with E-state index in [-0.39, 0.29) is 17.8 Å². The standard InChI is InChI=1S/C21H25FN2O5S/c1-4-29-21(27)19-16(11-30-10-9-23-12-25)24-13(2)17(20(26)28-3)18(19)14-5-7-15(22)8-6-14/h5-8,12,18,24H,4,9-11H2,1-3H3,(H,23,25). The van der Waals surface area contributed by atoms with Crippen molar-refractivity contribution in [1.82, 2.24) is 10.6 Å². The number of carbonyl (C=O) groups excluding carboxylic acids is 3. The van der Waals surface area contributed by atoms with Crippen LogP contribution in [0.1, 0.15) is 25.3 Å². The molecular formula is C21H25FN2O5S. The van der Waals surface area contributed by atoms with Crippen molar-refractivity contribution in [3.8, 4) is 0 Å². The van der Waals surface area contributed by atoms with E-state index in [0.29, 0.717) is 41.4 Å². The molecule has 1 aromatic carbocycles. The third-order valence-corrected chi connectivity index (χ3v) is 5.45. The second kappa shape index (κ2) is 11.4.